The molecule has 0 saturated carbocycles. The molecular formula is C18H22N4O2. The van der Waals surface area contributed by atoms with Gasteiger partial charge in [-0.2, -0.15) is 0 Å². The summed E-state index contributed by atoms with van der Waals surface area (Å²) in [5, 5.41) is 3.00. The first-order valence-electron chi connectivity index (χ1n) is 8.17. The fraction of sp³-hybridized carbons (Fsp3) is 0.389. The first kappa shape index (κ1) is 16.4. The van der Waals surface area contributed by atoms with Gasteiger partial charge in [0.15, 0.2) is 0 Å². The van der Waals surface area contributed by atoms with Crippen LogP contribution < -0.4 is 10.2 Å². The van der Waals surface area contributed by atoms with Crippen molar-refractivity contribution >= 4 is 11.7 Å². The smallest absolute Gasteiger partial charge is 0.270 e. The van der Waals surface area contributed by atoms with Gasteiger partial charge in [0.1, 0.15) is 17.3 Å². The molecule has 1 aromatic heterocycles. The SMILES string of the molecule is Cc1nc(C(=O)NC(C)c2ccccc2)cc(N2CCOCC2)n1. The van der Waals surface area contributed by atoms with Gasteiger partial charge >= 0.3 is 0 Å². The van der Waals surface area contributed by atoms with E-state index in [-0.39, 0.29) is 11.9 Å². The van der Waals surface area contributed by atoms with Crippen LogP contribution in [0, 0.1) is 6.92 Å². The number of carbonyl (C=O) groups excluding carboxylic acids is 1. The molecule has 6 heteroatoms. The number of hydrogen-bond donors (Lipinski definition) is 1. The topological polar surface area (TPSA) is 67.4 Å². The summed E-state index contributed by atoms with van der Waals surface area (Å²) >= 11 is 0. The number of hydrogen-bond acceptors (Lipinski definition) is 5. The monoisotopic (exact) mass is 326 g/mol. The summed E-state index contributed by atoms with van der Waals surface area (Å²) in [7, 11) is 0. The number of aryl methyl sites for hydroxylation is 1. The van der Waals surface area contributed by atoms with E-state index in [2.05, 4.69) is 20.2 Å². The molecule has 0 radical (unpaired) electrons. The third-order valence-corrected chi connectivity index (χ3v) is 4.04. The largest absolute Gasteiger partial charge is 0.378 e. The van der Waals surface area contributed by atoms with Crippen LogP contribution >= 0.6 is 0 Å². The van der Waals surface area contributed by atoms with Crippen LogP contribution in [-0.2, 0) is 4.74 Å². The Balaban J connectivity index is 1.75. The molecule has 1 aromatic carbocycles. The number of rotatable bonds is 4. The van der Waals surface area contributed by atoms with Gasteiger partial charge in [0, 0.05) is 19.2 Å². The maximum absolute atomic E-state index is 12.6. The number of carbonyl (C=O) groups is 1. The Kier molecular flexibility index (Phi) is 5.05. The molecule has 24 heavy (non-hydrogen) atoms. The van der Waals surface area contributed by atoms with E-state index >= 15 is 0 Å². The number of nitrogens with one attached hydrogen (secondary N) is 1. The van der Waals surface area contributed by atoms with Gasteiger partial charge in [-0.1, -0.05) is 30.3 Å². The molecule has 1 N–H and O–H groups in total. The van der Waals surface area contributed by atoms with Gasteiger partial charge < -0.3 is 15.0 Å². The lowest BCUT2D eigenvalue weighted by molar-refractivity contribution is 0.0934. The number of amides is 1. The number of benzene rings is 1. The molecule has 2 heterocycles. The van der Waals surface area contributed by atoms with Crippen LogP contribution in [0.4, 0.5) is 5.82 Å². The standard InChI is InChI=1S/C18H22N4O2/c1-13(15-6-4-3-5-7-15)19-18(23)16-12-17(21-14(2)20-16)22-8-10-24-11-9-22/h3-7,12-13H,8-11H2,1-2H3,(H,19,23). The highest BCUT2D eigenvalue weighted by atomic mass is 16.5. The molecule has 1 saturated heterocycles. The molecule has 1 fully saturated rings. The summed E-state index contributed by atoms with van der Waals surface area (Å²) < 4.78 is 5.37. The van der Waals surface area contributed by atoms with Crippen LogP contribution in [-0.4, -0.2) is 42.2 Å². The minimum Gasteiger partial charge on any atom is -0.378 e. The molecule has 3 rings (SSSR count). The Bertz CT molecular complexity index is 699. The second-order valence-electron chi connectivity index (χ2n) is 5.86. The van der Waals surface area contributed by atoms with E-state index in [1.165, 1.54) is 0 Å². The summed E-state index contributed by atoms with van der Waals surface area (Å²) in [6, 6.07) is 11.5. The normalized spacial score (nSPS) is 15.8. The van der Waals surface area contributed by atoms with Crippen molar-refractivity contribution in [2.75, 3.05) is 31.2 Å². The molecule has 126 valence electrons. The fourth-order valence-electron chi connectivity index (χ4n) is 2.72. The second kappa shape index (κ2) is 7.40. The van der Waals surface area contributed by atoms with Crippen LogP contribution in [0.25, 0.3) is 0 Å². The van der Waals surface area contributed by atoms with Gasteiger partial charge in [0.05, 0.1) is 19.3 Å². The van der Waals surface area contributed by atoms with Crippen molar-refractivity contribution in [2.45, 2.75) is 19.9 Å². The first-order valence-corrected chi connectivity index (χ1v) is 8.17. The molecule has 6 nitrogen and oxygen atoms in total. The van der Waals surface area contributed by atoms with E-state index in [4.69, 9.17) is 4.74 Å². The maximum atomic E-state index is 12.6. The lowest BCUT2D eigenvalue weighted by Crippen LogP contribution is -2.37. The molecule has 0 spiro atoms. The van der Waals surface area contributed by atoms with E-state index in [1.54, 1.807) is 13.0 Å². The van der Waals surface area contributed by atoms with Crippen molar-refractivity contribution in [3.8, 4) is 0 Å². The number of nitrogens with zero attached hydrogens (tertiary/aromatic N) is 3. The van der Waals surface area contributed by atoms with Crippen molar-refractivity contribution in [1.29, 1.82) is 0 Å². The van der Waals surface area contributed by atoms with Crippen molar-refractivity contribution in [3.63, 3.8) is 0 Å². The van der Waals surface area contributed by atoms with Gasteiger partial charge in [-0.15, -0.1) is 0 Å². The Hall–Kier alpha value is -2.47. The highest BCUT2D eigenvalue weighted by Crippen LogP contribution is 2.16. The molecule has 1 amide bonds. The van der Waals surface area contributed by atoms with E-state index in [0.29, 0.717) is 24.7 Å². The zero-order valence-electron chi connectivity index (χ0n) is 14.0. The minimum atomic E-state index is -0.189. The van der Waals surface area contributed by atoms with E-state index in [0.717, 1.165) is 24.5 Å². The first-order chi connectivity index (χ1) is 11.6. The zero-order valence-corrected chi connectivity index (χ0v) is 14.0. The third kappa shape index (κ3) is 3.89. The highest BCUT2D eigenvalue weighted by Gasteiger charge is 2.18. The molecule has 0 bridgehead atoms. The maximum Gasteiger partial charge on any atom is 0.270 e. The summed E-state index contributed by atoms with van der Waals surface area (Å²) in [6.07, 6.45) is 0. The molecule has 1 unspecified atom stereocenters. The predicted molar refractivity (Wildman–Crippen MR) is 92.1 cm³/mol. The lowest BCUT2D eigenvalue weighted by atomic mass is 10.1. The van der Waals surface area contributed by atoms with Crippen molar-refractivity contribution in [2.24, 2.45) is 0 Å². The Labute approximate surface area is 141 Å². The summed E-state index contributed by atoms with van der Waals surface area (Å²) in [5.41, 5.74) is 1.46. The van der Waals surface area contributed by atoms with Gasteiger partial charge in [-0.05, 0) is 19.4 Å². The van der Waals surface area contributed by atoms with E-state index in [1.807, 2.05) is 37.3 Å². The Morgan fingerprint density at radius 3 is 2.62 bits per heavy atom. The minimum absolute atomic E-state index is 0.0826. The average molecular weight is 326 g/mol. The van der Waals surface area contributed by atoms with E-state index in [9.17, 15) is 4.79 Å². The van der Waals surface area contributed by atoms with Crippen LogP contribution in [0.5, 0.6) is 0 Å². The van der Waals surface area contributed by atoms with Crippen LogP contribution in [0.15, 0.2) is 36.4 Å². The molecule has 0 aliphatic carbocycles. The Morgan fingerprint density at radius 2 is 1.92 bits per heavy atom. The fourth-order valence-corrected chi connectivity index (χ4v) is 2.72. The molecule has 1 atom stereocenters. The predicted octanol–water partition coefficient (Wildman–Crippen LogP) is 2.11. The quantitative estimate of drug-likeness (QED) is 0.932. The number of ether oxygens (including phenoxy) is 1. The summed E-state index contributed by atoms with van der Waals surface area (Å²) in [4.78, 5) is 23.4. The van der Waals surface area contributed by atoms with Crippen molar-refractivity contribution in [3.05, 3.63) is 53.5 Å². The van der Waals surface area contributed by atoms with E-state index < -0.39 is 0 Å². The molecular weight excluding hydrogens is 304 g/mol. The van der Waals surface area contributed by atoms with Gasteiger partial charge in [-0.3, -0.25) is 4.79 Å². The second-order valence-corrected chi connectivity index (χ2v) is 5.86. The summed E-state index contributed by atoms with van der Waals surface area (Å²) in [6.45, 7) is 6.67. The number of anilines is 1. The number of aromatic nitrogens is 2. The third-order valence-electron chi connectivity index (χ3n) is 4.04. The highest BCUT2D eigenvalue weighted by molar-refractivity contribution is 5.93. The van der Waals surface area contributed by atoms with Crippen LogP contribution in [0.1, 0.15) is 34.8 Å². The molecule has 1 aliphatic heterocycles. The van der Waals surface area contributed by atoms with Gasteiger partial charge in [-0.25, -0.2) is 9.97 Å². The average Bonchev–Trinajstić information content (AvgIpc) is 2.62. The van der Waals surface area contributed by atoms with Crippen LogP contribution in [0.2, 0.25) is 0 Å². The van der Waals surface area contributed by atoms with Gasteiger partial charge in [0.2, 0.25) is 0 Å². The van der Waals surface area contributed by atoms with Crippen molar-refractivity contribution in [1.82, 2.24) is 15.3 Å². The van der Waals surface area contributed by atoms with Crippen LogP contribution in [0.3, 0.4) is 0 Å². The Morgan fingerprint density at radius 1 is 1.21 bits per heavy atom. The summed E-state index contributed by atoms with van der Waals surface area (Å²) in [5.74, 6) is 1.19. The molecule has 2 aromatic rings. The number of morpholine rings is 1. The van der Waals surface area contributed by atoms with Crippen molar-refractivity contribution < 1.29 is 9.53 Å². The van der Waals surface area contributed by atoms with Gasteiger partial charge in [0.25, 0.3) is 5.91 Å². The lowest BCUT2D eigenvalue weighted by Gasteiger charge is -2.28. The zero-order chi connectivity index (χ0) is 16.9. The molecule has 1 aliphatic rings.